The average molecular weight is 329 g/mol. The van der Waals surface area contributed by atoms with Gasteiger partial charge in [0, 0.05) is 21.6 Å². The van der Waals surface area contributed by atoms with E-state index in [9.17, 15) is 4.79 Å². The predicted molar refractivity (Wildman–Crippen MR) is 78.7 cm³/mol. The lowest BCUT2D eigenvalue weighted by Crippen LogP contribution is -2.31. The molecular weight excluding hydrogens is 314 g/mol. The van der Waals surface area contributed by atoms with Crippen molar-refractivity contribution in [1.29, 1.82) is 0 Å². The summed E-state index contributed by atoms with van der Waals surface area (Å²) in [7, 11) is 0. The molecule has 1 saturated heterocycles. The van der Waals surface area contributed by atoms with Crippen LogP contribution >= 0.6 is 27.5 Å². The first-order valence-electron chi connectivity index (χ1n) is 5.94. The van der Waals surface area contributed by atoms with Crippen LogP contribution in [0.5, 0.6) is 0 Å². The molecule has 1 N–H and O–H groups in total. The second-order valence-electron chi connectivity index (χ2n) is 4.52. The minimum absolute atomic E-state index is 0.0502. The first kappa shape index (κ1) is 13.6. The highest BCUT2D eigenvalue weighted by Crippen LogP contribution is 2.32. The molecule has 2 rings (SSSR count). The Morgan fingerprint density at radius 2 is 2.17 bits per heavy atom. The van der Waals surface area contributed by atoms with Crippen molar-refractivity contribution in [3.8, 4) is 0 Å². The maximum Gasteiger partial charge on any atom is 0.247 e. The van der Waals surface area contributed by atoms with Gasteiger partial charge in [0.1, 0.15) is 0 Å². The third-order valence-electron chi connectivity index (χ3n) is 3.33. The first-order valence-corrected chi connectivity index (χ1v) is 7.11. The minimum atomic E-state index is 0.0502. The zero-order valence-corrected chi connectivity index (χ0v) is 12.8. The Hall–Kier alpha value is -0.800. The van der Waals surface area contributed by atoms with Crippen LogP contribution in [0, 0.1) is 6.92 Å². The number of nitrogens with one attached hydrogen (secondary N) is 1. The van der Waals surface area contributed by atoms with E-state index in [0.717, 1.165) is 46.1 Å². The Bertz CT molecular complexity index is 537. The van der Waals surface area contributed by atoms with Crippen LogP contribution in [0.15, 0.2) is 22.2 Å². The van der Waals surface area contributed by atoms with Gasteiger partial charge in [0.05, 0.1) is 0 Å². The van der Waals surface area contributed by atoms with Crippen LogP contribution in [-0.2, 0) is 4.79 Å². The highest BCUT2D eigenvalue weighted by molar-refractivity contribution is 9.10. The van der Waals surface area contributed by atoms with Crippen LogP contribution < -0.4 is 5.32 Å². The number of carbonyl (C=O) groups excluding carboxylic acids is 1. The van der Waals surface area contributed by atoms with E-state index in [1.165, 1.54) is 0 Å². The Kier molecular flexibility index (Phi) is 4.13. The van der Waals surface area contributed by atoms with Crippen molar-refractivity contribution in [3.05, 3.63) is 38.3 Å². The molecule has 96 valence electrons. The standard InChI is InChI=1S/C14H15BrClNO/c1-8(11-4-3-5-17-14(11)18)12-6-10(16)7-13(15)9(12)2/h6-7H,3-5H2,1-2H3,(H,17,18)/b11-8+. The lowest BCUT2D eigenvalue weighted by molar-refractivity contribution is -0.118. The van der Waals surface area contributed by atoms with E-state index in [1.54, 1.807) is 0 Å². The fraction of sp³-hybridized carbons (Fsp3) is 0.357. The van der Waals surface area contributed by atoms with Crippen molar-refractivity contribution in [1.82, 2.24) is 5.32 Å². The molecule has 0 atom stereocenters. The van der Waals surface area contributed by atoms with Crippen molar-refractivity contribution in [2.24, 2.45) is 0 Å². The van der Waals surface area contributed by atoms with Gasteiger partial charge in [-0.25, -0.2) is 0 Å². The molecule has 1 heterocycles. The number of allylic oxidation sites excluding steroid dienone is 1. The van der Waals surface area contributed by atoms with E-state index >= 15 is 0 Å². The molecule has 1 aromatic carbocycles. The van der Waals surface area contributed by atoms with Gasteiger partial charge in [0.15, 0.2) is 0 Å². The predicted octanol–water partition coefficient (Wildman–Crippen LogP) is 4.09. The van der Waals surface area contributed by atoms with Gasteiger partial charge in [-0.05, 0) is 55.5 Å². The van der Waals surface area contributed by atoms with Gasteiger partial charge in [-0.2, -0.15) is 0 Å². The molecule has 0 saturated carbocycles. The molecule has 2 nitrogen and oxygen atoms in total. The Morgan fingerprint density at radius 1 is 1.44 bits per heavy atom. The number of hydrogen-bond donors (Lipinski definition) is 1. The van der Waals surface area contributed by atoms with E-state index in [2.05, 4.69) is 21.2 Å². The van der Waals surface area contributed by atoms with Crippen LogP contribution in [-0.4, -0.2) is 12.5 Å². The molecule has 1 aliphatic heterocycles. The molecule has 1 aromatic rings. The quantitative estimate of drug-likeness (QED) is 0.773. The van der Waals surface area contributed by atoms with E-state index in [0.29, 0.717) is 5.02 Å². The number of amides is 1. The van der Waals surface area contributed by atoms with E-state index in [4.69, 9.17) is 11.6 Å². The molecular formula is C14H15BrClNO. The third-order valence-corrected chi connectivity index (χ3v) is 4.37. The summed E-state index contributed by atoms with van der Waals surface area (Å²) in [5.74, 6) is 0.0502. The summed E-state index contributed by atoms with van der Waals surface area (Å²) in [5, 5.41) is 3.57. The molecule has 0 unspecified atom stereocenters. The highest BCUT2D eigenvalue weighted by Gasteiger charge is 2.19. The normalized spacial score (nSPS) is 18.6. The fourth-order valence-corrected chi connectivity index (χ4v) is 3.05. The summed E-state index contributed by atoms with van der Waals surface area (Å²) in [5.41, 5.74) is 4.05. The lowest BCUT2D eigenvalue weighted by atomic mass is 9.93. The molecule has 0 radical (unpaired) electrons. The van der Waals surface area contributed by atoms with Crippen LogP contribution in [0.25, 0.3) is 5.57 Å². The lowest BCUT2D eigenvalue weighted by Gasteiger charge is -2.19. The van der Waals surface area contributed by atoms with Crippen LogP contribution in [0.2, 0.25) is 5.02 Å². The molecule has 4 heteroatoms. The fourth-order valence-electron chi connectivity index (χ4n) is 2.24. The second kappa shape index (κ2) is 5.45. The SMILES string of the molecule is C/C(=C1/CCCNC1=O)c1cc(Cl)cc(Br)c1C. The number of rotatable bonds is 1. The Morgan fingerprint density at radius 3 is 2.83 bits per heavy atom. The highest BCUT2D eigenvalue weighted by atomic mass is 79.9. The number of halogens is 2. The Balaban J connectivity index is 2.54. The number of hydrogen-bond acceptors (Lipinski definition) is 1. The number of benzene rings is 1. The molecule has 1 fully saturated rings. The summed E-state index contributed by atoms with van der Waals surface area (Å²) >= 11 is 9.59. The van der Waals surface area contributed by atoms with Crippen LogP contribution in [0.3, 0.4) is 0 Å². The molecule has 0 aliphatic carbocycles. The van der Waals surface area contributed by atoms with Gasteiger partial charge in [-0.3, -0.25) is 4.79 Å². The van der Waals surface area contributed by atoms with Gasteiger partial charge in [-0.1, -0.05) is 27.5 Å². The molecule has 18 heavy (non-hydrogen) atoms. The number of piperidine rings is 1. The van der Waals surface area contributed by atoms with Gasteiger partial charge in [-0.15, -0.1) is 0 Å². The smallest absolute Gasteiger partial charge is 0.247 e. The molecule has 0 spiro atoms. The summed E-state index contributed by atoms with van der Waals surface area (Å²) < 4.78 is 0.973. The van der Waals surface area contributed by atoms with Crippen molar-refractivity contribution in [2.45, 2.75) is 26.7 Å². The van der Waals surface area contributed by atoms with Crippen LogP contribution in [0.4, 0.5) is 0 Å². The van der Waals surface area contributed by atoms with Crippen LogP contribution in [0.1, 0.15) is 30.9 Å². The summed E-state index contributed by atoms with van der Waals surface area (Å²) in [4.78, 5) is 11.9. The molecule has 0 aromatic heterocycles. The van der Waals surface area contributed by atoms with Gasteiger partial charge in [0.25, 0.3) is 0 Å². The maximum absolute atomic E-state index is 11.9. The second-order valence-corrected chi connectivity index (χ2v) is 5.81. The molecule has 1 amide bonds. The van der Waals surface area contributed by atoms with E-state index in [1.807, 2.05) is 26.0 Å². The summed E-state index contributed by atoms with van der Waals surface area (Å²) in [6.07, 6.45) is 1.83. The topological polar surface area (TPSA) is 29.1 Å². The third kappa shape index (κ3) is 2.62. The van der Waals surface area contributed by atoms with Crippen molar-refractivity contribution in [2.75, 3.05) is 6.54 Å². The summed E-state index contributed by atoms with van der Waals surface area (Å²) in [6, 6.07) is 3.80. The Labute approximate surface area is 121 Å². The van der Waals surface area contributed by atoms with Gasteiger partial charge >= 0.3 is 0 Å². The van der Waals surface area contributed by atoms with Gasteiger partial charge < -0.3 is 5.32 Å². The van der Waals surface area contributed by atoms with Gasteiger partial charge in [0.2, 0.25) is 5.91 Å². The zero-order chi connectivity index (χ0) is 13.3. The maximum atomic E-state index is 11.9. The zero-order valence-electron chi connectivity index (χ0n) is 10.4. The minimum Gasteiger partial charge on any atom is -0.352 e. The first-order chi connectivity index (χ1) is 8.50. The van der Waals surface area contributed by atoms with Crippen molar-refractivity contribution >= 4 is 39.0 Å². The molecule has 0 bridgehead atoms. The molecule has 1 aliphatic rings. The monoisotopic (exact) mass is 327 g/mol. The van der Waals surface area contributed by atoms with E-state index < -0.39 is 0 Å². The van der Waals surface area contributed by atoms with Crippen molar-refractivity contribution in [3.63, 3.8) is 0 Å². The number of carbonyl (C=O) groups is 1. The largest absolute Gasteiger partial charge is 0.352 e. The van der Waals surface area contributed by atoms with E-state index in [-0.39, 0.29) is 5.91 Å². The van der Waals surface area contributed by atoms with Crippen molar-refractivity contribution < 1.29 is 4.79 Å². The average Bonchev–Trinajstić information content (AvgIpc) is 2.33. The summed E-state index contributed by atoms with van der Waals surface area (Å²) in [6.45, 7) is 4.79.